The van der Waals surface area contributed by atoms with E-state index in [2.05, 4.69) is 20.4 Å². The van der Waals surface area contributed by atoms with Gasteiger partial charge in [-0.2, -0.15) is 0 Å². The zero-order valence-electron chi connectivity index (χ0n) is 15.2. The van der Waals surface area contributed by atoms with E-state index in [-0.39, 0.29) is 17.9 Å². The lowest BCUT2D eigenvalue weighted by molar-refractivity contribution is -0.125. The molecule has 1 atom stereocenters. The summed E-state index contributed by atoms with van der Waals surface area (Å²) >= 11 is 12.1. The molecule has 8 heteroatoms. The van der Waals surface area contributed by atoms with Gasteiger partial charge in [0, 0.05) is 42.8 Å². The highest BCUT2D eigenvalue weighted by molar-refractivity contribution is 6.35. The topological polar surface area (TPSA) is 64.7 Å². The molecule has 1 unspecified atom stereocenters. The second kappa shape index (κ2) is 10.1. The summed E-state index contributed by atoms with van der Waals surface area (Å²) in [6.07, 6.45) is 0. The first-order valence-electron chi connectivity index (χ1n) is 8.84. The highest BCUT2D eigenvalue weighted by Crippen LogP contribution is 2.26. The Morgan fingerprint density at radius 2 is 1.65 bits per heavy atom. The largest absolute Gasteiger partial charge is 0.355 e. The maximum atomic E-state index is 12.3. The van der Waals surface area contributed by atoms with Crippen LogP contribution < -0.4 is 10.6 Å². The lowest BCUT2D eigenvalue weighted by Crippen LogP contribution is -2.51. The molecule has 1 aliphatic heterocycles. The van der Waals surface area contributed by atoms with Gasteiger partial charge in [0.2, 0.25) is 11.8 Å². The Balaban J connectivity index is 1.76. The molecule has 0 spiro atoms. The molecule has 0 radical (unpaired) electrons. The molecule has 1 aromatic carbocycles. The van der Waals surface area contributed by atoms with Crippen LogP contribution in [0.4, 0.5) is 0 Å². The molecule has 2 rings (SSSR count). The monoisotopic (exact) mass is 400 g/mol. The van der Waals surface area contributed by atoms with Crippen molar-refractivity contribution in [3.63, 3.8) is 0 Å². The Kier molecular flexibility index (Phi) is 8.15. The summed E-state index contributed by atoms with van der Waals surface area (Å²) in [4.78, 5) is 28.1. The van der Waals surface area contributed by atoms with Crippen molar-refractivity contribution in [1.82, 2.24) is 20.4 Å². The van der Waals surface area contributed by atoms with Crippen molar-refractivity contribution in [3.05, 3.63) is 33.8 Å². The third kappa shape index (κ3) is 6.43. The van der Waals surface area contributed by atoms with Crippen LogP contribution in [-0.2, 0) is 9.59 Å². The third-order valence-electron chi connectivity index (χ3n) is 4.38. The maximum absolute atomic E-state index is 12.3. The van der Waals surface area contributed by atoms with Crippen molar-refractivity contribution in [3.8, 4) is 0 Å². The van der Waals surface area contributed by atoms with E-state index in [4.69, 9.17) is 23.2 Å². The maximum Gasteiger partial charge on any atom is 0.234 e. The fourth-order valence-electron chi connectivity index (χ4n) is 2.98. The molecular weight excluding hydrogens is 375 g/mol. The van der Waals surface area contributed by atoms with Gasteiger partial charge in [-0.3, -0.25) is 19.4 Å². The number of carbonyl (C=O) groups is 2. The van der Waals surface area contributed by atoms with Crippen molar-refractivity contribution in [2.24, 2.45) is 0 Å². The minimum absolute atomic E-state index is 0.0410. The third-order valence-corrected chi connectivity index (χ3v) is 4.94. The van der Waals surface area contributed by atoms with Crippen LogP contribution in [-0.4, -0.2) is 67.4 Å². The number of halogens is 2. The van der Waals surface area contributed by atoms with E-state index in [1.165, 1.54) is 0 Å². The zero-order valence-corrected chi connectivity index (χ0v) is 16.7. The first-order chi connectivity index (χ1) is 12.4. The van der Waals surface area contributed by atoms with Gasteiger partial charge in [-0.25, -0.2) is 0 Å². The number of hydrogen-bond acceptors (Lipinski definition) is 4. The smallest absolute Gasteiger partial charge is 0.234 e. The number of hydrogen-bond donors (Lipinski definition) is 2. The SMILES string of the molecule is CCNC(=O)CN1CCN(CC(=O)NC(C)c2ccc(Cl)cc2Cl)CC1. The number of likely N-dealkylation sites (N-methyl/N-ethyl adjacent to an activating group) is 1. The molecule has 1 fully saturated rings. The van der Waals surface area contributed by atoms with Gasteiger partial charge in [0.25, 0.3) is 0 Å². The van der Waals surface area contributed by atoms with Gasteiger partial charge in [0.1, 0.15) is 0 Å². The van der Waals surface area contributed by atoms with Crippen molar-refractivity contribution < 1.29 is 9.59 Å². The molecule has 1 saturated heterocycles. The van der Waals surface area contributed by atoms with Crippen LogP contribution in [0.2, 0.25) is 10.0 Å². The molecule has 2 amide bonds. The van der Waals surface area contributed by atoms with Crippen LogP contribution in [0.25, 0.3) is 0 Å². The van der Waals surface area contributed by atoms with Gasteiger partial charge >= 0.3 is 0 Å². The molecule has 1 aromatic rings. The van der Waals surface area contributed by atoms with Gasteiger partial charge in [-0.1, -0.05) is 29.3 Å². The molecule has 2 N–H and O–H groups in total. The molecule has 6 nitrogen and oxygen atoms in total. The highest BCUT2D eigenvalue weighted by atomic mass is 35.5. The van der Waals surface area contributed by atoms with Crippen LogP contribution in [0, 0.1) is 0 Å². The molecule has 1 heterocycles. The zero-order chi connectivity index (χ0) is 19.1. The quantitative estimate of drug-likeness (QED) is 0.733. The number of nitrogens with zero attached hydrogens (tertiary/aromatic N) is 2. The molecule has 26 heavy (non-hydrogen) atoms. The summed E-state index contributed by atoms with van der Waals surface area (Å²) in [6.45, 7) is 8.31. The van der Waals surface area contributed by atoms with E-state index in [0.717, 1.165) is 31.7 Å². The first kappa shape index (κ1) is 21.0. The number of amides is 2. The van der Waals surface area contributed by atoms with Gasteiger partial charge in [0.15, 0.2) is 0 Å². The predicted molar refractivity (Wildman–Crippen MR) is 105 cm³/mol. The lowest BCUT2D eigenvalue weighted by Gasteiger charge is -2.34. The van der Waals surface area contributed by atoms with Crippen molar-refractivity contribution in [2.75, 3.05) is 45.8 Å². The van der Waals surface area contributed by atoms with E-state index in [1.807, 2.05) is 19.9 Å². The average molecular weight is 401 g/mol. The summed E-state index contributed by atoms with van der Waals surface area (Å²) in [5, 5.41) is 6.90. The Hall–Kier alpha value is -1.34. The predicted octanol–water partition coefficient (Wildman–Crippen LogP) is 1.92. The van der Waals surface area contributed by atoms with Gasteiger partial charge in [-0.15, -0.1) is 0 Å². The lowest BCUT2D eigenvalue weighted by atomic mass is 10.1. The Labute approximate surface area is 164 Å². The number of carbonyl (C=O) groups excluding carboxylic acids is 2. The summed E-state index contributed by atoms with van der Waals surface area (Å²) in [6, 6.07) is 5.08. The molecule has 0 saturated carbocycles. The molecular formula is C18H26Cl2N4O2. The number of rotatable bonds is 7. The molecule has 1 aliphatic rings. The van der Waals surface area contributed by atoms with Crippen molar-refractivity contribution in [2.45, 2.75) is 19.9 Å². The first-order valence-corrected chi connectivity index (χ1v) is 9.60. The fourth-order valence-corrected chi connectivity index (χ4v) is 3.55. The minimum Gasteiger partial charge on any atom is -0.355 e. The average Bonchev–Trinajstić information content (AvgIpc) is 2.56. The van der Waals surface area contributed by atoms with Crippen LogP contribution in [0.1, 0.15) is 25.5 Å². The van der Waals surface area contributed by atoms with E-state index < -0.39 is 0 Å². The molecule has 0 aliphatic carbocycles. The minimum atomic E-state index is -0.189. The number of piperazine rings is 1. The number of nitrogens with one attached hydrogen (secondary N) is 2. The molecule has 0 aromatic heterocycles. The summed E-state index contributed by atoms with van der Waals surface area (Å²) in [5.74, 6) is 0.00746. The fraction of sp³-hybridized carbons (Fsp3) is 0.556. The standard InChI is InChI=1S/C18H26Cl2N4O2/c1-3-21-17(25)11-23-6-8-24(9-7-23)12-18(26)22-13(2)15-5-4-14(19)10-16(15)20/h4-5,10,13H,3,6-9,11-12H2,1-2H3,(H,21,25)(H,22,26). The second-order valence-corrected chi connectivity index (χ2v) is 7.30. The van der Waals surface area contributed by atoms with Crippen LogP contribution in [0.5, 0.6) is 0 Å². The van der Waals surface area contributed by atoms with Gasteiger partial charge < -0.3 is 10.6 Å². The Morgan fingerprint density at radius 3 is 2.19 bits per heavy atom. The Morgan fingerprint density at radius 1 is 1.08 bits per heavy atom. The second-order valence-electron chi connectivity index (χ2n) is 6.46. The van der Waals surface area contributed by atoms with Crippen LogP contribution in [0.15, 0.2) is 18.2 Å². The van der Waals surface area contributed by atoms with E-state index in [9.17, 15) is 9.59 Å². The normalized spacial score (nSPS) is 16.9. The van der Waals surface area contributed by atoms with Crippen molar-refractivity contribution >= 4 is 35.0 Å². The van der Waals surface area contributed by atoms with Gasteiger partial charge in [0.05, 0.1) is 19.1 Å². The van der Waals surface area contributed by atoms with E-state index in [1.54, 1.807) is 12.1 Å². The van der Waals surface area contributed by atoms with E-state index in [0.29, 0.717) is 29.7 Å². The summed E-state index contributed by atoms with van der Waals surface area (Å²) in [7, 11) is 0. The molecule has 0 bridgehead atoms. The summed E-state index contributed by atoms with van der Waals surface area (Å²) in [5.41, 5.74) is 0.844. The summed E-state index contributed by atoms with van der Waals surface area (Å²) < 4.78 is 0. The number of benzene rings is 1. The highest BCUT2D eigenvalue weighted by Gasteiger charge is 2.21. The Bertz CT molecular complexity index is 634. The van der Waals surface area contributed by atoms with Crippen molar-refractivity contribution in [1.29, 1.82) is 0 Å². The van der Waals surface area contributed by atoms with Gasteiger partial charge in [-0.05, 0) is 31.5 Å². The molecule has 144 valence electrons. The van der Waals surface area contributed by atoms with Crippen LogP contribution in [0.3, 0.4) is 0 Å². The van der Waals surface area contributed by atoms with E-state index >= 15 is 0 Å². The van der Waals surface area contributed by atoms with Crippen LogP contribution >= 0.6 is 23.2 Å².